The fourth-order valence-electron chi connectivity index (χ4n) is 1.42. The molecular formula is C10H21NO3. The summed E-state index contributed by atoms with van der Waals surface area (Å²) in [6.07, 6.45) is 1.00. The lowest BCUT2D eigenvalue weighted by Crippen LogP contribution is -2.42. The Bertz CT molecular complexity index is 155. The molecule has 0 radical (unpaired) electrons. The molecule has 1 heterocycles. The second-order valence-electron chi connectivity index (χ2n) is 4.12. The third kappa shape index (κ3) is 4.37. The van der Waals surface area contributed by atoms with Gasteiger partial charge in [0.2, 0.25) is 0 Å². The third-order valence-corrected chi connectivity index (χ3v) is 2.27. The molecule has 0 bridgehead atoms. The normalized spacial score (nSPS) is 27.4. The molecule has 0 spiro atoms. The van der Waals surface area contributed by atoms with Gasteiger partial charge in [0.15, 0.2) is 0 Å². The maximum atomic E-state index is 9.87. The van der Waals surface area contributed by atoms with Crippen molar-refractivity contribution in [2.24, 2.45) is 0 Å². The van der Waals surface area contributed by atoms with Crippen LogP contribution < -0.4 is 5.32 Å². The van der Waals surface area contributed by atoms with Gasteiger partial charge in [-0.1, -0.05) is 0 Å². The molecule has 0 amide bonds. The van der Waals surface area contributed by atoms with Crippen molar-refractivity contribution < 1.29 is 14.6 Å². The van der Waals surface area contributed by atoms with Crippen LogP contribution in [0.1, 0.15) is 20.3 Å². The Balaban J connectivity index is 1.98. The van der Waals surface area contributed by atoms with Crippen LogP contribution in [0.3, 0.4) is 0 Å². The molecule has 84 valence electrons. The molecule has 0 aliphatic carbocycles. The molecule has 1 rings (SSSR count). The molecule has 1 unspecified atom stereocenters. The van der Waals surface area contributed by atoms with Gasteiger partial charge in [0, 0.05) is 26.1 Å². The van der Waals surface area contributed by atoms with Crippen LogP contribution in [0.15, 0.2) is 0 Å². The highest BCUT2D eigenvalue weighted by Crippen LogP contribution is 2.16. The second-order valence-corrected chi connectivity index (χ2v) is 4.12. The summed E-state index contributed by atoms with van der Waals surface area (Å²) < 4.78 is 10.5. The van der Waals surface area contributed by atoms with Crippen molar-refractivity contribution in [3.05, 3.63) is 0 Å². The molecule has 0 aromatic heterocycles. The van der Waals surface area contributed by atoms with Gasteiger partial charge in [-0.3, -0.25) is 0 Å². The highest BCUT2D eigenvalue weighted by atomic mass is 16.5. The van der Waals surface area contributed by atoms with Crippen LogP contribution in [-0.2, 0) is 9.47 Å². The van der Waals surface area contributed by atoms with E-state index in [4.69, 9.17) is 9.47 Å². The number of hydrogen-bond acceptors (Lipinski definition) is 4. The van der Waals surface area contributed by atoms with Crippen LogP contribution >= 0.6 is 0 Å². The molecule has 14 heavy (non-hydrogen) atoms. The maximum absolute atomic E-state index is 9.87. The topological polar surface area (TPSA) is 50.7 Å². The average molecular weight is 203 g/mol. The van der Waals surface area contributed by atoms with Gasteiger partial charge in [0.05, 0.1) is 19.3 Å². The molecule has 4 nitrogen and oxygen atoms in total. The van der Waals surface area contributed by atoms with Gasteiger partial charge in [-0.2, -0.15) is 0 Å². The first-order chi connectivity index (χ1) is 6.62. The first kappa shape index (κ1) is 11.9. The molecule has 0 aromatic rings. The van der Waals surface area contributed by atoms with E-state index in [1.807, 2.05) is 13.8 Å². The van der Waals surface area contributed by atoms with Gasteiger partial charge in [0.25, 0.3) is 0 Å². The van der Waals surface area contributed by atoms with Crippen LogP contribution in [0.2, 0.25) is 0 Å². The zero-order chi connectivity index (χ0) is 10.4. The number of aliphatic hydroxyl groups is 1. The van der Waals surface area contributed by atoms with Gasteiger partial charge in [-0.15, -0.1) is 0 Å². The predicted octanol–water partition coefficient (Wildman–Crippen LogP) is 0.152. The van der Waals surface area contributed by atoms with Crippen LogP contribution in [-0.4, -0.2) is 49.7 Å². The van der Waals surface area contributed by atoms with Gasteiger partial charge < -0.3 is 19.9 Å². The molecule has 0 saturated carbocycles. The van der Waals surface area contributed by atoms with Crippen LogP contribution in [0, 0.1) is 0 Å². The summed E-state index contributed by atoms with van der Waals surface area (Å²) in [7, 11) is 0. The average Bonchev–Trinajstić information content (AvgIpc) is 2.51. The fourth-order valence-corrected chi connectivity index (χ4v) is 1.42. The monoisotopic (exact) mass is 203 g/mol. The summed E-state index contributed by atoms with van der Waals surface area (Å²) in [5.41, 5.74) is -0.655. The zero-order valence-corrected chi connectivity index (χ0v) is 9.08. The largest absolute Gasteiger partial charge is 0.386 e. The Morgan fingerprint density at radius 2 is 2.36 bits per heavy atom. The van der Waals surface area contributed by atoms with Gasteiger partial charge in [-0.25, -0.2) is 0 Å². The predicted molar refractivity (Wildman–Crippen MR) is 54.3 cm³/mol. The van der Waals surface area contributed by atoms with Crippen LogP contribution in [0.4, 0.5) is 0 Å². The SMILES string of the molecule is CC(C)OCCNCC1(O)CCOC1. The summed E-state index contributed by atoms with van der Waals surface area (Å²) in [4.78, 5) is 0. The Hall–Kier alpha value is -0.160. The molecule has 1 atom stereocenters. The number of rotatable bonds is 6. The van der Waals surface area contributed by atoms with Crippen molar-refractivity contribution >= 4 is 0 Å². The van der Waals surface area contributed by atoms with E-state index in [1.54, 1.807) is 0 Å². The van der Waals surface area contributed by atoms with Crippen molar-refractivity contribution in [2.75, 3.05) is 32.9 Å². The molecule has 1 saturated heterocycles. The molecule has 2 N–H and O–H groups in total. The summed E-state index contributed by atoms with van der Waals surface area (Å²) in [6.45, 7) is 7.20. The first-order valence-corrected chi connectivity index (χ1v) is 5.25. The minimum Gasteiger partial charge on any atom is -0.386 e. The number of nitrogens with one attached hydrogen (secondary N) is 1. The van der Waals surface area contributed by atoms with Crippen molar-refractivity contribution in [2.45, 2.75) is 32.0 Å². The highest BCUT2D eigenvalue weighted by Gasteiger charge is 2.31. The van der Waals surface area contributed by atoms with Crippen molar-refractivity contribution in [1.82, 2.24) is 5.32 Å². The lowest BCUT2D eigenvalue weighted by atomic mass is 10.0. The van der Waals surface area contributed by atoms with E-state index in [9.17, 15) is 5.11 Å². The Labute approximate surface area is 85.6 Å². The van der Waals surface area contributed by atoms with E-state index in [1.165, 1.54) is 0 Å². The van der Waals surface area contributed by atoms with Gasteiger partial charge in [-0.05, 0) is 13.8 Å². The van der Waals surface area contributed by atoms with Crippen molar-refractivity contribution in [3.8, 4) is 0 Å². The van der Waals surface area contributed by atoms with Gasteiger partial charge >= 0.3 is 0 Å². The summed E-state index contributed by atoms with van der Waals surface area (Å²) >= 11 is 0. The second kappa shape index (κ2) is 5.66. The van der Waals surface area contributed by atoms with Crippen molar-refractivity contribution in [1.29, 1.82) is 0 Å². The number of ether oxygens (including phenoxy) is 2. The smallest absolute Gasteiger partial charge is 0.102 e. The van der Waals surface area contributed by atoms with E-state index in [-0.39, 0.29) is 6.10 Å². The van der Waals surface area contributed by atoms with E-state index in [2.05, 4.69) is 5.32 Å². The lowest BCUT2D eigenvalue weighted by Gasteiger charge is -2.20. The van der Waals surface area contributed by atoms with E-state index in [0.717, 1.165) is 13.0 Å². The minimum absolute atomic E-state index is 0.273. The quantitative estimate of drug-likeness (QED) is 0.603. The molecule has 4 heteroatoms. The highest BCUT2D eigenvalue weighted by molar-refractivity contribution is 4.84. The van der Waals surface area contributed by atoms with E-state index < -0.39 is 5.60 Å². The summed E-state index contributed by atoms with van der Waals surface area (Å²) in [5.74, 6) is 0. The number of hydrogen-bond donors (Lipinski definition) is 2. The summed E-state index contributed by atoms with van der Waals surface area (Å²) in [5, 5.41) is 13.0. The minimum atomic E-state index is -0.655. The Morgan fingerprint density at radius 3 is 2.93 bits per heavy atom. The third-order valence-electron chi connectivity index (χ3n) is 2.27. The molecule has 1 aliphatic rings. The molecule has 0 aromatic carbocycles. The van der Waals surface area contributed by atoms with E-state index >= 15 is 0 Å². The van der Waals surface area contributed by atoms with Crippen LogP contribution in [0.25, 0.3) is 0 Å². The van der Waals surface area contributed by atoms with Crippen molar-refractivity contribution in [3.63, 3.8) is 0 Å². The molecular weight excluding hydrogens is 182 g/mol. The first-order valence-electron chi connectivity index (χ1n) is 5.25. The standard InChI is InChI=1S/C10H21NO3/c1-9(2)14-6-4-11-7-10(12)3-5-13-8-10/h9,11-12H,3-8H2,1-2H3. The van der Waals surface area contributed by atoms with Crippen LogP contribution in [0.5, 0.6) is 0 Å². The lowest BCUT2D eigenvalue weighted by molar-refractivity contribution is 0.0233. The zero-order valence-electron chi connectivity index (χ0n) is 9.08. The molecule has 1 fully saturated rings. The Morgan fingerprint density at radius 1 is 1.57 bits per heavy atom. The van der Waals surface area contributed by atoms with E-state index in [0.29, 0.717) is 26.4 Å². The summed E-state index contributed by atoms with van der Waals surface area (Å²) in [6, 6.07) is 0. The maximum Gasteiger partial charge on any atom is 0.102 e. The molecule has 1 aliphatic heterocycles. The van der Waals surface area contributed by atoms with Gasteiger partial charge in [0.1, 0.15) is 5.60 Å². The fraction of sp³-hybridized carbons (Fsp3) is 1.00. The Kier molecular flexibility index (Phi) is 4.81.